The first-order valence-corrected chi connectivity index (χ1v) is 7.55. The molecule has 1 aromatic carbocycles. The number of nitrogens with two attached hydrogens (primary N) is 1. The second-order valence-corrected chi connectivity index (χ2v) is 6.38. The van der Waals surface area contributed by atoms with Crippen molar-refractivity contribution in [2.75, 3.05) is 13.7 Å². The Kier molecular flexibility index (Phi) is 4.76. The van der Waals surface area contributed by atoms with Crippen molar-refractivity contribution in [1.29, 1.82) is 0 Å². The summed E-state index contributed by atoms with van der Waals surface area (Å²) < 4.78 is 7.29. The Hall–Kier alpha value is -2.01. The van der Waals surface area contributed by atoms with Gasteiger partial charge in [-0.25, -0.2) is 0 Å². The molecule has 0 unspecified atom stereocenters. The number of ether oxygens (including phenoxy) is 1. The van der Waals surface area contributed by atoms with Crippen LogP contribution in [-0.2, 0) is 11.8 Å². The lowest BCUT2D eigenvalue weighted by Crippen LogP contribution is -2.15. The van der Waals surface area contributed by atoms with Crippen molar-refractivity contribution in [2.45, 2.75) is 39.0 Å². The van der Waals surface area contributed by atoms with E-state index >= 15 is 0 Å². The molecule has 5 heteroatoms. The molecule has 0 fully saturated rings. The third kappa shape index (κ3) is 3.09. The van der Waals surface area contributed by atoms with E-state index in [-0.39, 0.29) is 11.2 Å². The maximum atomic E-state index is 10.1. The molecule has 0 aliphatic heterocycles. The number of benzene rings is 1. The van der Waals surface area contributed by atoms with Gasteiger partial charge in [0, 0.05) is 11.0 Å². The summed E-state index contributed by atoms with van der Waals surface area (Å²) in [7, 11) is 1.63. The van der Waals surface area contributed by atoms with E-state index in [2.05, 4.69) is 20.8 Å². The molecule has 0 saturated heterocycles. The largest absolute Gasteiger partial charge is 0.506 e. The first kappa shape index (κ1) is 16.4. The molecular formula is C17H25N3O2. The summed E-state index contributed by atoms with van der Waals surface area (Å²) in [4.78, 5) is 0. The Morgan fingerprint density at radius 3 is 2.50 bits per heavy atom. The SMILES string of the molecule is COc1c(CCCN)c(C(C)(C)C)nn1-c1ccccc1O. The molecule has 2 aromatic rings. The van der Waals surface area contributed by atoms with Gasteiger partial charge in [0.05, 0.1) is 12.8 Å². The van der Waals surface area contributed by atoms with Gasteiger partial charge in [0.1, 0.15) is 11.4 Å². The maximum absolute atomic E-state index is 10.1. The van der Waals surface area contributed by atoms with Crippen LogP contribution in [0.5, 0.6) is 11.6 Å². The molecule has 0 radical (unpaired) electrons. The lowest BCUT2D eigenvalue weighted by molar-refractivity contribution is 0.376. The second kappa shape index (κ2) is 6.40. The van der Waals surface area contributed by atoms with Gasteiger partial charge in [-0.05, 0) is 31.5 Å². The van der Waals surface area contributed by atoms with E-state index in [0.29, 0.717) is 18.1 Å². The molecule has 0 bridgehead atoms. The van der Waals surface area contributed by atoms with Gasteiger partial charge in [0.25, 0.3) is 0 Å². The van der Waals surface area contributed by atoms with Crippen molar-refractivity contribution < 1.29 is 9.84 Å². The van der Waals surface area contributed by atoms with Gasteiger partial charge < -0.3 is 15.6 Å². The maximum Gasteiger partial charge on any atom is 0.220 e. The molecule has 3 N–H and O–H groups in total. The lowest BCUT2D eigenvalue weighted by atomic mass is 9.88. The van der Waals surface area contributed by atoms with Crippen LogP contribution in [0.4, 0.5) is 0 Å². The highest BCUT2D eigenvalue weighted by atomic mass is 16.5. The Labute approximate surface area is 131 Å². The zero-order valence-corrected chi connectivity index (χ0v) is 13.8. The van der Waals surface area contributed by atoms with E-state index in [0.717, 1.165) is 24.1 Å². The van der Waals surface area contributed by atoms with Crippen LogP contribution in [0.1, 0.15) is 38.4 Å². The minimum atomic E-state index is -0.118. The third-order valence-corrected chi connectivity index (χ3v) is 3.58. The Morgan fingerprint density at radius 2 is 1.95 bits per heavy atom. The average Bonchev–Trinajstić information content (AvgIpc) is 2.84. The van der Waals surface area contributed by atoms with E-state index in [1.54, 1.807) is 23.9 Å². The van der Waals surface area contributed by atoms with Crippen LogP contribution in [0.15, 0.2) is 24.3 Å². The van der Waals surface area contributed by atoms with E-state index in [4.69, 9.17) is 15.6 Å². The minimum absolute atomic E-state index is 0.118. The highest BCUT2D eigenvalue weighted by molar-refractivity contribution is 5.50. The Balaban J connectivity index is 2.65. The van der Waals surface area contributed by atoms with Gasteiger partial charge in [-0.3, -0.25) is 0 Å². The minimum Gasteiger partial charge on any atom is -0.506 e. The lowest BCUT2D eigenvalue weighted by Gasteiger charge is -2.17. The highest BCUT2D eigenvalue weighted by Crippen LogP contribution is 2.35. The van der Waals surface area contributed by atoms with Crippen molar-refractivity contribution in [2.24, 2.45) is 5.73 Å². The van der Waals surface area contributed by atoms with Crippen LogP contribution >= 0.6 is 0 Å². The van der Waals surface area contributed by atoms with Crippen LogP contribution in [0.25, 0.3) is 5.69 Å². The molecule has 0 saturated carbocycles. The smallest absolute Gasteiger partial charge is 0.220 e. The molecule has 120 valence electrons. The number of para-hydroxylation sites is 2. The zero-order valence-electron chi connectivity index (χ0n) is 13.8. The summed E-state index contributed by atoms with van der Waals surface area (Å²) in [6, 6.07) is 7.12. The predicted molar refractivity (Wildman–Crippen MR) is 87.9 cm³/mol. The van der Waals surface area contributed by atoms with Crippen LogP contribution in [-0.4, -0.2) is 28.5 Å². The number of phenolic OH excluding ortho intramolecular Hbond substituents is 1. The molecular weight excluding hydrogens is 278 g/mol. The molecule has 0 aliphatic rings. The number of aromatic nitrogens is 2. The van der Waals surface area contributed by atoms with Gasteiger partial charge in [0.15, 0.2) is 0 Å². The molecule has 5 nitrogen and oxygen atoms in total. The topological polar surface area (TPSA) is 73.3 Å². The number of rotatable bonds is 5. The van der Waals surface area contributed by atoms with Crippen molar-refractivity contribution in [3.05, 3.63) is 35.5 Å². The standard InChI is InChI=1S/C17H25N3O2/c1-17(2,3)15-12(8-7-11-18)16(22-4)20(19-15)13-9-5-6-10-14(13)21/h5-6,9-10,21H,7-8,11,18H2,1-4H3. The second-order valence-electron chi connectivity index (χ2n) is 6.38. The van der Waals surface area contributed by atoms with Gasteiger partial charge in [-0.15, -0.1) is 0 Å². The summed E-state index contributed by atoms with van der Waals surface area (Å²) in [5.74, 6) is 0.842. The summed E-state index contributed by atoms with van der Waals surface area (Å²) >= 11 is 0. The number of aromatic hydroxyl groups is 1. The molecule has 0 spiro atoms. The number of phenols is 1. The summed E-state index contributed by atoms with van der Waals surface area (Å²) in [6.45, 7) is 6.98. The van der Waals surface area contributed by atoms with Gasteiger partial charge in [-0.2, -0.15) is 9.78 Å². The fourth-order valence-electron chi connectivity index (χ4n) is 2.56. The first-order valence-electron chi connectivity index (χ1n) is 7.55. The van der Waals surface area contributed by atoms with E-state index in [9.17, 15) is 5.11 Å². The predicted octanol–water partition coefficient (Wildman–Crippen LogP) is 2.78. The summed E-state index contributed by atoms with van der Waals surface area (Å²) in [5.41, 5.74) is 8.19. The Bertz CT molecular complexity index is 642. The number of nitrogens with zero attached hydrogens (tertiary/aromatic N) is 2. The van der Waals surface area contributed by atoms with Crippen LogP contribution < -0.4 is 10.5 Å². The highest BCUT2D eigenvalue weighted by Gasteiger charge is 2.28. The summed E-state index contributed by atoms with van der Waals surface area (Å²) in [6.07, 6.45) is 1.67. The molecule has 0 atom stereocenters. The first-order chi connectivity index (χ1) is 10.4. The molecule has 2 rings (SSSR count). The van der Waals surface area contributed by atoms with Crippen LogP contribution in [0.3, 0.4) is 0 Å². The van der Waals surface area contributed by atoms with Crippen molar-refractivity contribution in [3.8, 4) is 17.3 Å². The molecule has 1 heterocycles. The van der Waals surface area contributed by atoms with E-state index < -0.39 is 0 Å². The fraction of sp³-hybridized carbons (Fsp3) is 0.471. The molecule has 22 heavy (non-hydrogen) atoms. The quantitative estimate of drug-likeness (QED) is 0.891. The van der Waals surface area contributed by atoms with Crippen LogP contribution in [0, 0.1) is 0 Å². The third-order valence-electron chi connectivity index (χ3n) is 3.58. The molecule has 0 amide bonds. The normalized spacial score (nSPS) is 11.7. The summed E-state index contributed by atoms with van der Waals surface area (Å²) in [5, 5.41) is 14.9. The van der Waals surface area contributed by atoms with Gasteiger partial charge in [-0.1, -0.05) is 32.9 Å². The van der Waals surface area contributed by atoms with Crippen molar-refractivity contribution in [3.63, 3.8) is 0 Å². The number of methoxy groups -OCH3 is 1. The zero-order chi connectivity index (χ0) is 16.3. The number of hydrogen-bond donors (Lipinski definition) is 2. The fourth-order valence-corrected chi connectivity index (χ4v) is 2.56. The number of hydrogen-bond acceptors (Lipinski definition) is 4. The van der Waals surface area contributed by atoms with Gasteiger partial charge >= 0.3 is 0 Å². The Morgan fingerprint density at radius 1 is 1.27 bits per heavy atom. The molecule has 1 aromatic heterocycles. The average molecular weight is 303 g/mol. The van der Waals surface area contributed by atoms with Crippen molar-refractivity contribution in [1.82, 2.24) is 9.78 Å². The monoisotopic (exact) mass is 303 g/mol. The van der Waals surface area contributed by atoms with Gasteiger partial charge in [0.2, 0.25) is 5.88 Å². The molecule has 0 aliphatic carbocycles. The van der Waals surface area contributed by atoms with E-state index in [1.807, 2.05) is 12.1 Å². The van der Waals surface area contributed by atoms with Crippen LogP contribution in [0.2, 0.25) is 0 Å². The van der Waals surface area contributed by atoms with Crippen molar-refractivity contribution >= 4 is 0 Å². The van der Waals surface area contributed by atoms with E-state index in [1.165, 1.54) is 0 Å².